The number of carbonyl (C=O) groups is 1. The Balaban J connectivity index is 2.02. The fraction of sp³-hybridized carbons (Fsp3) is 0.929. The van der Waals surface area contributed by atoms with Crippen LogP contribution in [0.3, 0.4) is 0 Å². The van der Waals surface area contributed by atoms with Gasteiger partial charge in [0, 0.05) is 19.6 Å². The first kappa shape index (κ1) is 18.4. The number of nitrogens with zero attached hydrogens (tertiary/aromatic N) is 2. The monoisotopic (exact) mass is 346 g/mol. The van der Waals surface area contributed by atoms with Gasteiger partial charge in [-0.2, -0.15) is 26.3 Å². The zero-order chi connectivity index (χ0) is 17.3. The molecule has 23 heavy (non-hydrogen) atoms. The van der Waals surface area contributed by atoms with E-state index in [1.54, 1.807) is 4.90 Å². The average Bonchev–Trinajstić information content (AvgIpc) is 2.68. The number of amides is 1. The molecule has 0 aromatic carbocycles. The van der Waals surface area contributed by atoms with Gasteiger partial charge in [-0.15, -0.1) is 0 Å². The molecule has 0 aromatic heterocycles. The Morgan fingerprint density at radius 3 is 1.83 bits per heavy atom. The first-order chi connectivity index (χ1) is 10.6. The molecule has 0 radical (unpaired) electrons. The van der Waals surface area contributed by atoms with E-state index in [9.17, 15) is 31.1 Å². The van der Waals surface area contributed by atoms with Gasteiger partial charge in [-0.05, 0) is 25.8 Å². The lowest BCUT2D eigenvalue weighted by Gasteiger charge is -2.33. The van der Waals surface area contributed by atoms with Crippen LogP contribution in [0.5, 0.6) is 0 Å². The Bertz CT molecular complexity index is 412. The second-order valence-electron chi connectivity index (χ2n) is 6.33. The van der Waals surface area contributed by atoms with Crippen LogP contribution in [0.2, 0.25) is 0 Å². The molecule has 0 aromatic rings. The van der Waals surface area contributed by atoms with E-state index in [0.717, 1.165) is 30.6 Å². The van der Waals surface area contributed by atoms with E-state index >= 15 is 0 Å². The topological polar surface area (TPSA) is 23.6 Å². The molecule has 9 heteroatoms. The summed E-state index contributed by atoms with van der Waals surface area (Å²) in [4.78, 5) is 14.7. The minimum atomic E-state index is -5.37. The summed E-state index contributed by atoms with van der Waals surface area (Å²) in [7, 11) is 0. The third kappa shape index (κ3) is 3.75. The molecule has 3 nitrogen and oxygen atoms in total. The number of rotatable bonds is 2. The summed E-state index contributed by atoms with van der Waals surface area (Å²) in [6.07, 6.45) is -8.18. The molecular formula is C14H20F6N2O. The molecule has 2 fully saturated rings. The van der Waals surface area contributed by atoms with Crippen molar-refractivity contribution in [1.29, 1.82) is 0 Å². The zero-order valence-electron chi connectivity index (χ0n) is 12.6. The fourth-order valence-corrected chi connectivity index (χ4v) is 3.26. The molecule has 2 aliphatic rings. The molecule has 0 N–H and O–H groups in total. The number of alkyl halides is 6. The Hall–Kier alpha value is -0.990. The standard InChI is InChI=1S/C14H20F6N2O/c15-13(16,17)12(14(18,19)20)5-8-21(10-12)9-11(23)22-6-3-1-2-4-7-22/h1-10H2. The van der Waals surface area contributed by atoms with Crippen LogP contribution >= 0.6 is 0 Å². The van der Waals surface area contributed by atoms with Gasteiger partial charge in [0.25, 0.3) is 0 Å². The fourth-order valence-electron chi connectivity index (χ4n) is 3.26. The number of carbonyl (C=O) groups excluding carboxylic acids is 1. The normalized spacial score (nSPS) is 23.8. The largest absolute Gasteiger partial charge is 0.404 e. The van der Waals surface area contributed by atoms with Crippen LogP contribution < -0.4 is 0 Å². The lowest BCUT2D eigenvalue weighted by molar-refractivity contribution is -0.335. The number of hydrogen-bond acceptors (Lipinski definition) is 2. The molecule has 0 unspecified atom stereocenters. The van der Waals surface area contributed by atoms with Crippen LogP contribution in [0, 0.1) is 5.41 Å². The maximum Gasteiger partial charge on any atom is 0.404 e. The highest BCUT2D eigenvalue weighted by Gasteiger charge is 2.72. The van der Waals surface area contributed by atoms with Crippen molar-refractivity contribution in [2.75, 3.05) is 32.7 Å². The highest BCUT2D eigenvalue weighted by atomic mass is 19.4. The van der Waals surface area contributed by atoms with Gasteiger partial charge in [0.2, 0.25) is 5.91 Å². The molecule has 2 rings (SSSR count). The van der Waals surface area contributed by atoms with Crippen molar-refractivity contribution in [3.8, 4) is 0 Å². The number of halogens is 6. The Morgan fingerprint density at radius 1 is 0.870 bits per heavy atom. The first-order valence-electron chi connectivity index (χ1n) is 7.70. The maximum atomic E-state index is 13.0. The smallest absolute Gasteiger partial charge is 0.342 e. The van der Waals surface area contributed by atoms with Gasteiger partial charge in [0.15, 0.2) is 5.41 Å². The molecule has 0 aliphatic carbocycles. The van der Waals surface area contributed by atoms with E-state index < -0.39 is 30.7 Å². The molecule has 1 amide bonds. The van der Waals surface area contributed by atoms with Gasteiger partial charge in [-0.1, -0.05) is 12.8 Å². The van der Waals surface area contributed by atoms with Gasteiger partial charge in [0.05, 0.1) is 6.54 Å². The van der Waals surface area contributed by atoms with Crippen molar-refractivity contribution in [2.24, 2.45) is 5.41 Å². The van der Waals surface area contributed by atoms with Crippen LogP contribution in [0.4, 0.5) is 26.3 Å². The van der Waals surface area contributed by atoms with Gasteiger partial charge < -0.3 is 4.90 Å². The van der Waals surface area contributed by atoms with Crippen LogP contribution in [-0.2, 0) is 4.79 Å². The molecule has 2 heterocycles. The summed E-state index contributed by atoms with van der Waals surface area (Å²) in [6, 6.07) is 0. The van der Waals surface area contributed by atoms with E-state index in [-0.39, 0.29) is 19.0 Å². The van der Waals surface area contributed by atoms with Gasteiger partial charge in [0.1, 0.15) is 0 Å². The van der Waals surface area contributed by atoms with Crippen molar-refractivity contribution in [1.82, 2.24) is 9.80 Å². The predicted molar refractivity (Wildman–Crippen MR) is 70.6 cm³/mol. The first-order valence-corrected chi connectivity index (χ1v) is 7.70. The van der Waals surface area contributed by atoms with Gasteiger partial charge in [-0.3, -0.25) is 9.69 Å². The highest BCUT2D eigenvalue weighted by Crippen LogP contribution is 2.55. The van der Waals surface area contributed by atoms with Gasteiger partial charge in [-0.25, -0.2) is 0 Å². The molecule has 2 aliphatic heterocycles. The minimum Gasteiger partial charge on any atom is -0.342 e. The lowest BCUT2D eigenvalue weighted by atomic mass is 9.85. The van der Waals surface area contributed by atoms with E-state index in [1.807, 2.05) is 0 Å². The van der Waals surface area contributed by atoms with E-state index in [2.05, 4.69) is 0 Å². The summed E-state index contributed by atoms with van der Waals surface area (Å²) in [5.74, 6) is -0.382. The molecule has 0 saturated carbocycles. The van der Waals surface area contributed by atoms with Crippen LogP contribution in [0.25, 0.3) is 0 Å². The summed E-state index contributed by atoms with van der Waals surface area (Å²) < 4.78 is 77.9. The molecule has 0 spiro atoms. The maximum absolute atomic E-state index is 13.0. The quantitative estimate of drug-likeness (QED) is 0.717. The molecular weight excluding hydrogens is 326 g/mol. The predicted octanol–water partition coefficient (Wildman–Crippen LogP) is 3.21. The molecule has 134 valence electrons. The summed E-state index contributed by atoms with van der Waals surface area (Å²) in [5, 5.41) is 0. The number of hydrogen-bond donors (Lipinski definition) is 0. The van der Waals surface area contributed by atoms with Crippen molar-refractivity contribution in [3.05, 3.63) is 0 Å². The average molecular weight is 346 g/mol. The van der Waals surface area contributed by atoms with Crippen LogP contribution in [0.1, 0.15) is 32.1 Å². The van der Waals surface area contributed by atoms with Crippen LogP contribution in [0.15, 0.2) is 0 Å². The number of likely N-dealkylation sites (tertiary alicyclic amines) is 2. The SMILES string of the molecule is O=C(CN1CCC(C(F)(F)F)(C(F)(F)F)C1)N1CCCCCC1. The summed E-state index contributed by atoms with van der Waals surface area (Å²) in [6.45, 7) is -0.904. The Morgan fingerprint density at radius 2 is 1.39 bits per heavy atom. The van der Waals surface area contributed by atoms with E-state index in [4.69, 9.17) is 0 Å². The second-order valence-corrected chi connectivity index (χ2v) is 6.33. The van der Waals surface area contributed by atoms with E-state index in [1.165, 1.54) is 0 Å². The summed E-state index contributed by atoms with van der Waals surface area (Å²) >= 11 is 0. The lowest BCUT2D eigenvalue weighted by Crippen LogP contribution is -2.52. The Kier molecular flexibility index (Phi) is 5.18. The van der Waals surface area contributed by atoms with E-state index in [0.29, 0.717) is 13.1 Å². The molecule has 2 saturated heterocycles. The molecule has 0 atom stereocenters. The third-order valence-corrected chi connectivity index (χ3v) is 4.75. The van der Waals surface area contributed by atoms with Gasteiger partial charge >= 0.3 is 12.4 Å². The highest BCUT2D eigenvalue weighted by molar-refractivity contribution is 5.78. The van der Waals surface area contributed by atoms with Crippen molar-refractivity contribution in [2.45, 2.75) is 44.5 Å². The van der Waals surface area contributed by atoms with Crippen molar-refractivity contribution >= 4 is 5.91 Å². The minimum absolute atomic E-state index is 0.376. The second kappa shape index (κ2) is 6.49. The van der Waals surface area contributed by atoms with Crippen LogP contribution in [-0.4, -0.2) is 60.8 Å². The third-order valence-electron chi connectivity index (χ3n) is 4.75. The van der Waals surface area contributed by atoms with Crippen molar-refractivity contribution in [3.63, 3.8) is 0 Å². The zero-order valence-corrected chi connectivity index (χ0v) is 12.6. The Labute approximate surface area is 130 Å². The molecule has 0 bridgehead atoms. The van der Waals surface area contributed by atoms with Crippen molar-refractivity contribution < 1.29 is 31.1 Å². The summed E-state index contributed by atoms with van der Waals surface area (Å²) in [5.41, 5.74) is -3.72.